The molecule has 3 N–H and O–H groups in total. The van der Waals surface area contributed by atoms with Gasteiger partial charge in [-0.3, -0.25) is 4.72 Å². The third kappa shape index (κ3) is 9.16. The zero-order valence-electron chi connectivity index (χ0n) is 29.5. The summed E-state index contributed by atoms with van der Waals surface area (Å²) < 4.78 is 15.2. The number of aromatic nitrogens is 4. The van der Waals surface area contributed by atoms with Crippen LogP contribution in [0.5, 0.6) is 5.75 Å². The van der Waals surface area contributed by atoms with Crippen LogP contribution in [0.2, 0.25) is 0 Å². The Labute approximate surface area is 292 Å². The lowest BCUT2D eigenvalue weighted by molar-refractivity contribution is 0.0696. The van der Waals surface area contributed by atoms with Gasteiger partial charge in [0, 0.05) is 35.0 Å². The molecule has 258 valence electrons. The number of anilines is 1. The molecule has 3 heterocycles. The van der Waals surface area contributed by atoms with Gasteiger partial charge in [-0.1, -0.05) is 58.9 Å². The Morgan fingerprint density at radius 1 is 1.04 bits per heavy atom. The molecule has 0 spiro atoms. The van der Waals surface area contributed by atoms with Crippen molar-refractivity contribution in [1.29, 1.82) is 0 Å². The van der Waals surface area contributed by atoms with Gasteiger partial charge in [-0.05, 0) is 79.8 Å². The fourth-order valence-corrected chi connectivity index (χ4v) is 6.54. The van der Waals surface area contributed by atoms with Gasteiger partial charge in [0.1, 0.15) is 17.0 Å². The van der Waals surface area contributed by atoms with Gasteiger partial charge < -0.3 is 19.6 Å². The first-order valence-electron chi connectivity index (χ1n) is 16.6. The number of furan rings is 1. The second-order valence-electron chi connectivity index (χ2n) is 13.9. The summed E-state index contributed by atoms with van der Waals surface area (Å²) in [6.07, 6.45) is 4.14. The van der Waals surface area contributed by atoms with Crippen LogP contribution in [-0.4, -0.2) is 44.2 Å². The molecular formula is C38H46N6O4S. The van der Waals surface area contributed by atoms with Crippen LogP contribution in [0.4, 0.5) is 5.95 Å². The average molecular weight is 683 g/mol. The fourth-order valence-electron chi connectivity index (χ4n) is 5.91. The van der Waals surface area contributed by atoms with Crippen molar-refractivity contribution in [2.45, 2.75) is 91.1 Å². The number of benzene rings is 2. The molecule has 5 rings (SSSR count). The number of aryl methyl sites for hydroxylation is 3. The standard InChI is InChI=1S/C38H46N6O4S/c1-22(2)31-18-30-35(48-31)40-21-27(41-30)20-39-26(19-38(5,6)7)15-16-29-34(47-8)33(32-23(3)11-9-12-24(32)4)43-37(42-29)44-49-28-14-10-13-25(17-28)36(45)46/h9-14,17-18,21-22,26,39H,15-16,19-20H2,1-8H3,(H,45,46)(H,42,43,44). The zero-order valence-corrected chi connectivity index (χ0v) is 30.4. The molecule has 0 fully saturated rings. The summed E-state index contributed by atoms with van der Waals surface area (Å²) in [6.45, 7) is 15.6. The van der Waals surface area contributed by atoms with Crippen molar-refractivity contribution in [3.63, 3.8) is 0 Å². The lowest BCUT2D eigenvalue weighted by Crippen LogP contribution is -2.33. The lowest BCUT2D eigenvalue weighted by atomic mass is 9.86. The number of carbonyl (C=O) groups is 1. The highest BCUT2D eigenvalue weighted by Gasteiger charge is 2.24. The van der Waals surface area contributed by atoms with E-state index in [0.717, 1.165) is 62.8 Å². The molecule has 10 nitrogen and oxygen atoms in total. The molecule has 0 saturated heterocycles. The summed E-state index contributed by atoms with van der Waals surface area (Å²) in [5, 5.41) is 13.2. The number of fused-ring (bicyclic) bond motifs is 1. The van der Waals surface area contributed by atoms with Gasteiger partial charge in [0.15, 0.2) is 5.75 Å². The SMILES string of the molecule is COc1c(CCC(CC(C)(C)C)NCc2cnc3oc(C(C)C)cc3n2)nc(NSc2cccc(C(=O)O)c2)nc1-c1c(C)cccc1C. The summed E-state index contributed by atoms with van der Waals surface area (Å²) in [6, 6.07) is 15.1. The summed E-state index contributed by atoms with van der Waals surface area (Å²) in [5.74, 6) is 1.23. The minimum atomic E-state index is -0.976. The van der Waals surface area contributed by atoms with Gasteiger partial charge in [-0.2, -0.15) is 0 Å². The molecule has 2 aromatic carbocycles. The van der Waals surface area contributed by atoms with Gasteiger partial charge in [-0.15, -0.1) is 0 Å². The number of rotatable bonds is 14. The third-order valence-corrected chi connectivity index (χ3v) is 9.01. The van der Waals surface area contributed by atoms with Gasteiger partial charge in [0.25, 0.3) is 0 Å². The number of carboxylic acids is 1. The van der Waals surface area contributed by atoms with Gasteiger partial charge in [-0.25, -0.2) is 24.7 Å². The van der Waals surface area contributed by atoms with Crippen molar-refractivity contribution < 1.29 is 19.1 Å². The lowest BCUT2D eigenvalue weighted by Gasteiger charge is -2.27. The minimum Gasteiger partial charge on any atom is -0.493 e. The van der Waals surface area contributed by atoms with Gasteiger partial charge in [0.2, 0.25) is 11.7 Å². The van der Waals surface area contributed by atoms with Gasteiger partial charge >= 0.3 is 5.97 Å². The molecule has 3 aromatic heterocycles. The van der Waals surface area contributed by atoms with E-state index in [1.54, 1.807) is 31.5 Å². The normalized spacial score (nSPS) is 12.4. The van der Waals surface area contributed by atoms with E-state index in [9.17, 15) is 9.90 Å². The van der Waals surface area contributed by atoms with Crippen LogP contribution in [0, 0.1) is 19.3 Å². The van der Waals surface area contributed by atoms with E-state index in [0.29, 0.717) is 30.4 Å². The van der Waals surface area contributed by atoms with Crippen LogP contribution in [-0.2, 0) is 13.0 Å². The van der Waals surface area contributed by atoms with Crippen LogP contribution in [0.25, 0.3) is 22.5 Å². The molecule has 5 aromatic rings. The van der Waals surface area contributed by atoms with Crippen LogP contribution in [0.1, 0.15) is 92.0 Å². The number of nitrogens with zero attached hydrogens (tertiary/aromatic N) is 4. The molecule has 49 heavy (non-hydrogen) atoms. The second kappa shape index (κ2) is 15.4. The summed E-state index contributed by atoms with van der Waals surface area (Å²) in [5.41, 5.74) is 7.16. The summed E-state index contributed by atoms with van der Waals surface area (Å²) in [4.78, 5) is 31.5. The first-order chi connectivity index (χ1) is 23.3. The highest BCUT2D eigenvalue weighted by Crippen LogP contribution is 2.37. The molecule has 0 saturated carbocycles. The van der Waals surface area contributed by atoms with Crippen molar-refractivity contribution in [3.8, 4) is 17.0 Å². The van der Waals surface area contributed by atoms with Crippen LogP contribution in [0.3, 0.4) is 0 Å². The molecule has 0 amide bonds. The number of aromatic carboxylic acids is 1. The topological polar surface area (TPSA) is 135 Å². The summed E-state index contributed by atoms with van der Waals surface area (Å²) >= 11 is 1.27. The maximum atomic E-state index is 11.5. The Morgan fingerprint density at radius 2 is 1.78 bits per heavy atom. The predicted molar refractivity (Wildman–Crippen MR) is 195 cm³/mol. The molecule has 0 radical (unpaired) electrons. The molecule has 0 aliphatic heterocycles. The number of nitrogens with one attached hydrogen (secondary N) is 2. The molecule has 0 aliphatic rings. The van der Waals surface area contributed by atoms with E-state index in [1.165, 1.54) is 11.9 Å². The Hall–Kier alpha value is -4.48. The van der Waals surface area contributed by atoms with Crippen LogP contribution < -0.4 is 14.8 Å². The largest absolute Gasteiger partial charge is 0.493 e. The highest BCUT2D eigenvalue weighted by molar-refractivity contribution is 8.00. The molecular weight excluding hydrogens is 637 g/mol. The molecule has 1 atom stereocenters. The van der Waals surface area contributed by atoms with E-state index >= 15 is 0 Å². The van der Waals surface area contributed by atoms with Crippen LogP contribution >= 0.6 is 11.9 Å². The van der Waals surface area contributed by atoms with Gasteiger partial charge in [0.05, 0.1) is 30.3 Å². The Morgan fingerprint density at radius 3 is 2.45 bits per heavy atom. The van der Waals surface area contributed by atoms with Crippen molar-refractivity contribution >= 4 is 35.1 Å². The molecule has 0 aliphatic carbocycles. The second-order valence-corrected chi connectivity index (χ2v) is 14.8. The van der Waals surface area contributed by atoms with E-state index in [4.69, 9.17) is 24.1 Å². The maximum Gasteiger partial charge on any atom is 0.335 e. The first kappa shape index (κ1) is 35.8. The van der Waals surface area contributed by atoms with E-state index < -0.39 is 5.97 Å². The average Bonchev–Trinajstić information content (AvgIpc) is 3.48. The number of ether oxygens (including phenoxy) is 1. The number of hydrogen-bond acceptors (Lipinski definition) is 10. The van der Waals surface area contributed by atoms with Crippen molar-refractivity contribution in [1.82, 2.24) is 25.3 Å². The van der Waals surface area contributed by atoms with E-state index in [-0.39, 0.29) is 22.9 Å². The Bertz CT molecular complexity index is 1910. The molecule has 0 bridgehead atoms. The van der Waals surface area contributed by atoms with E-state index in [1.807, 2.05) is 18.2 Å². The third-order valence-electron chi connectivity index (χ3n) is 8.24. The summed E-state index contributed by atoms with van der Waals surface area (Å²) in [7, 11) is 1.67. The highest BCUT2D eigenvalue weighted by atomic mass is 32.2. The Balaban J connectivity index is 1.43. The minimum absolute atomic E-state index is 0.0804. The van der Waals surface area contributed by atoms with Crippen molar-refractivity contribution in [2.24, 2.45) is 5.41 Å². The van der Waals surface area contributed by atoms with Crippen molar-refractivity contribution in [2.75, 3.05) is 11.8 Å². The first-order valence-corrected chi connectivity index (χ1v) is 17.4. The van der Waals surface area contributed by atoms with E-state index in [2.05, 4.69) is 75.6 Å². The number of hydrogen-bond donors (Lipinski definition) is 3. The van der Waals surface area contributed by atoms with Crippen LogP contribution in [0.15, 0.2) is 64.0 Å². The predicted octanol–water partition coefficient (Wildman–Crippen LogP) is 8.77. The maximum absolute atomic E-state index is 11.5. The number of carboxylic acid groups (broad SMARTS) is 1. The monoisotopic (exact) mass is 682 g/mol. The number of methoxy groups -OCH3 is 1. The fraction of sp³-hybridized carbons (Fsp3) is 0.395. The zero-order chi connectivity index (χ0) is 35.3. The van der Waals surface area contributed by atoms with Crippen molar-refractivity contribution in [3.05, 3.63) is 88.6 Å². The molecule has 11 heteroatoms. The molecule has 1 unspecified atom stereocenters. The quantitative estimate of drug-likeness (QED) is 0.0970. The smallest absolute Gasteiger partial charge is 0.335 e. The Kier molecular flexibility index (Phi) is 11.2.